The van der Waals surface area contributed by atoms with E-state index in [-0.39, 0.29) is 0 Å². The largest absolute Gasteiger partial charge is 0.326 e. The number of hydrogen-bond acceptors (Lipinski definition) is 1. The third-order valence-electron chi connectivity index (χ3n) is 4.14. The number of imidazole rings is 1. The van der Waals surface area contributed by atoms with Crippen LogP contribution in [0.4, 0.5) is 0 Å². The quantitative estimate of drug-likeness (QED) is 0.366. The van der Waals surface area contributed by atoms with Crippen molar-refractivity contribution in [2.24, 2.45) is 0 Å². The van der Waals surface area contributed by atoms with Crippen LogP contribution in [-0.4, -0.2) is 9.55 Å². The van der Waals surface area contributed by atoms with Crippen molar-refractivity contribution in [2.45, 2.75) is 6.54 Å². The molecular weight excluding hydrogens is 419 g/mol. The van der Waals surface area contributed by atoms with Crippen LogP contribution in [0, 0.1) is 3.57 Å². The summed E-state index contributed by atoms with van der Waals surface area (Å²) in [5.41, 5.74) is 4.55. The molecule has 4 aromatic rings. The smallest absolute Gasteiger partial charge is 0.140 e. The minimum absolute atomic E-state index is 0.808. The Morgan fingerprint density at radius 1 is 0.720 bits per heavy atom. The normalized spacial score (nSPS) is 10.8. The third-order valence-corrected chi connectivity index (χ3v) is 4.86. The minimum Gasteiger partial charge on any atom is -0.326 e. The predicted octanol–water partition coefficient (Wildman–Crippen LogP) is 5.87. The Bertz CT molecular complexity index is 958. The van der Waals surface area contributed by atoms with E-state index in [0.29, 0.717) is 0 Å². The molecule has 0 fully saturated rings. The molecule has 0 N–H and O–H groups in total. The highest BCUT2D eigenvalue weighted by atomic mass is 127. The maximum atomic E-state index is 4.94. The lowest BCUT2D eigenvalue weighted by Gasteiger charge is -2.07. The second-order valence-corrected chi connectivity index (χ2v) is 7.18. The van der Waals surface area contributed by atoms with Crippen molar-refractivity contribution < 1.29 is 0 Å². The highest BCUT2D eigenvalue weighted by Crippen LogP contribution is 2.26. The molecule has 0 saturated heterocycles. The molecule has 0 radical (unpaired) electrons. The van der Waals surface area contributed by atoms with Crippen LogP contribution in [0.25, 0.3) is 22.6 Å². The molecule has 0 spiro atoms. The third kappa shape index (κ3) is 3.66. The molecule has 0 aliphatic heterocycles. The van der Waals surface area contributed by atoms with Gasteiger partial charge in [0, 0.05) is 27.4 Å². The van der Waals surface area contributed by atoms with Gasteiger partial charge >= 0.3 is 0 Å². The van der Waals surface area contributed by atoms with E-state index in [1.807, 2.05) is 12.1 Å². The molecule has 3 heteroatoms. The summed E-state index contributed by atoms with van der Waals surface area (Å²) in [7, 11) is 0. The average Bonchev–Trinajstić information content (AvgIpc) is 3.08. The van der Waals surface area contributed by atoms with E-state index >= 15 is 0 Å². The van der Waals surface area contributed by atoms with Crippen LogP contribution < -0.4 is 0 Å². The Labute approximate surface area is 161 Å². The van der Waals surface area contributed by atoms with Crippen molar-refractivity contribution in [3.8, 4) is 22.6 Å². The molecular formula is C22H17IN2. The molecule has 0 atom stereocenters. The molecule has 0 aliphatic rings. The number of hydrogen-bond donors (Lipinski definition) is 0. The number of nitrogens with zero attached hydrogens (tertiary/aromatic N) is 2. The Hall–Kier alpha value is -2.40. The summed E-state index contributed by atoms with van der Waals surface area (Å²) in [4.78, 5) is 4.94. The second-order valence-electron chi connectivity index (χ2n) is 5.94. The van der Waals surface area contributed by atoms with Crippen molar-refractivity contribution in [2.75, 3.05) is 0 Å². The van der Waals surface area contributed by atoms with Crippen LogP contribution in [0.15, 0.2) is 91.1 Å². The van der Waals surface area contributed by atoms with Crippen LogP contribution in [0.2, 0.25) is 0 Å². The lowest BCUT2D eigenvalue weighted by atomic mass is 10.2. The molecule has 1 heterocycles. The molecule has 1 aromatic heterocycles. The van der Waals surface area contributed by atoms with Gasteiger partial charge in [0.05, 0.1) is 5.69 Å². The van der Waals surface area contributed by atoms with E-state index in [1.54, 1.807) is 0 Å². The lowest BCUT2D eigenvalue weighted by Crippen LogP contribution is -2.00. The van der Waals surface area contributed by atoms with E-state index in [4.69, 9.17) is 4.98 Å². The van der Waals surface area contributed by atoms with Crippen molar-refractivity contribution in [3.05, 3.63) is 100 Å². The van der Waals surface area contributed by atoms with Crippen LogP contribution in [0.3, 0.4) is 0 Å². The molecule has 4 rings (SSSR count). The van der Waals surface area contributed by atoms with Gasteiger partial charge in [0.15, 0.2) is 0 Å². The monoisotopic (exact) mass is 436 g/mol. The van der Waals surface area contributed by atoms with Gasteiger partial charge in [-0.2, -0.15) is 0 Å². The van der Waals surface area contributed by atoms with Gasteiger partial charge in [0.1, 0.15) is 5.82 Å². The van der Waals surface area contributed by atoms with Gasteiger partial charge in [0.2, 0.25) is 0 Å². The fraction of sp³-hybridized carbons (Fsp3) is 0.0455. The van der Waals surface area contributed by atoms with Gasteiger partial charge in [-0.25, -0.2) is 4.98 Å². The number of rotatable bonds is 4. The first-order valence-electron chi connectivity index (χ1n) is 8.22. The van der Waals surface area contributed by atoms with Crippen LogP contribution in [0.1, 0.15) is 5.56 Å². The van der Waals surface area contributed by atoms with Crippen LogP contribution in [0.5, 0.6) is 0 Å². The summed E-state index contributed by atoms with van der Waals surface area (Å²) >= 11 is 2.33. The molecule has 0 aliphatic carbocycles. The van der Waals surface area contributed by atoms with Gasteiger partial charge < -0.3 is 4.57 Å². The van der Waals surface area contributed by atoms with E-state index in [2.05, 4.69) is 106 Å². The molecule has 2 nitrogen and oxygen atoms in total. The minimum atomic E-state index is 0.808. The summed E-state index contributed by atoms with van der Waals surface area (Å²) in [6.07, 6.45) is 2.15. The fourth-order valence-electron chi connectivity index (χ4n) is 2.89. The highest BCUT2D eigenvalue weighted by molar-refractivity contribution is 14.1. The van der Waals surface area contributed by atoms with Gasteiger partial charge in [-0.3, -0.25) is 0 Å². The summed E-state index contributed by atoms with van der Waals surface area (Å²) in [6.45, 7) is 0.808. The zero-order chi connectivity index (χ0) is 17.1. The van der Waals surface area contributed by atoms with Gasteiger partial charge in [-0.05, 0) is 40.3 Å². The average molecular weight is 436 g/mol. The first-order chi connectivity index (χ1) is 12.3. The molecule has 0 bridgehead atoms. The first kappa shape index (κ1) is 16.1. The van der Waals surface area contributed by atoms with Crippen molar-refractivity contribution in [3.63, 3.8) is 0 Å². The van der Waals surface area contributed by atoms with Crippen molar-refractivity contribution in [1.82, 2.24) is 9.55 Å². The number of benzene rings is 3. The summed E-state index contributed by atoms with van der Waals surface area (Å²) < 4.78 is 3.46. The molecule has 0 unspecified atom stereocenters. The lowest BCUT2D eigenvalue weighted by molar-refractivity contribution is 0.807. The summed E-state index contributed by atoms with van der Waals surface area (Å²) in [5.74, 6) is 0.998. The van der Waals surface area contributed by atoms with Crippen molar-refractivity contribution >= 4 is 22.6 Å². The number of halogens is 1. The maximum absolute atomic E-state index is 4.94. The predicted molar refractivity (Wildman–Crippen MR) is 111 cm³/mol. The highest BCUT2D eigenvalue weighted by Gasteiger charge is 2.12. The SMILES string of the molecule is Ic1ccc(-c2cn(Cc3ccccc3)c(-c3ccccc3)n2)cc1. The summed E-state index contributed by atoms with van der Waals surface area (Å²) in [5, 5.41) is 0. The van der Waals surface area contributed by atoms with E-state index in [0.717, 1.165) is 29.2 Å². The van der Waals surface area contributed by atoms with E-state index in [1.165, 1.54) is 9.13 Å². The van der Waals surface area contributed by atoms with E-state index in [9.17, 15) is 0 Å². The fourth-order valence-corrected chi connectivity index (χ4v) is 3.25. The molecule has 3 aromatic carbocycles. The maximum Gasteiger partial charge on any atom is 0.140 e. The Balaban J connectivity index is 1.79. The Kier molecular flexibility index (Phi) is 4.65. The topological polar surface area (TPSA) is 17.8 Å². The molecule has 122 valence electrons. The number of aromatic nitrogens is 2. The van der Waals surface area contributed by atoms with Gasteiger partial charge in [0.25, 0.3) is 0 Å². The van der Waals surface area contributed by atoms with Crippen LogP contribution >= 0.6 is 22.6 Å². The molecule has 0 amide bonds. The zero-order valence-corrected chi connectivity index (χ0v) is 15.8. The Morgan fingerprint density at radius 3 is 2.04 bits per heavy atom. The molecule has 0 saturated carbocycles. The van der Waals surface area contributed by atoms with Gasteiger partial charge in [-0.1, -0.05) is 72.8 Å². The van der Waals surface area contributed by atoms with Crippen LogP contribution in [-0.2, 0) is 6.54 Å². The first-order valence-corrected chi connectivity index (χ1v) is 9.30. The summed E-state index contributed by atoms with van der Waals surface area (Å²) in [6, 6.07) is 29.4. The van der Waals surface area contributed by atoms with E-state index < -0.39 is 0 Å². The standard InChI is InChI=1S/C22H17IN2/c23-20-13-11-18(12-14-20)21-16-25(15-17-7-3-1-4-8-17)22(24-21)19-9-5-2-6-10-19/h1-14,16H,15H2. The zero-order valence-electron chi connectivity index (χ0n) is 13.6. The Morgan fingerprint density at radius 2 is 1.36 bits per heavy atom. The second kappa shape index (κ2) is 7.23. The van der Waals surface area contributed by atoms with Gasteiger partial charge in [-0.15, -0.1) is 0 Å². The van der Waals surface area contributed by atoms with Crippen molar-refractivity contribution in [1.29, 1.82) is 0 Å². The molecule has 25 heavy (non-hydrogen) atoms.